The van der Waals surface area contributed by atoms with Crippen LogP contribution in [0.25, 0.3) is 0 Å². The van der Waals surface area contributed by atoms with Crippen molar-refractivity contribution in [3.05, 3.63) is 29.8 Å². The van der Waals surface area contributed by atoms with Crippen molar-refractivity contribution in [1.82, 2.24) is 5.32 Å². The second-order valence-electron chi connectivity index (χ2n) is 5.02. The molecule has 1 unspecified atom stereocenters. The van der Waals surface area contributed by atoms with Gasteiger partial charge in [-0.3, -0.25) is 4.79 Å². The lowest BCUT2D eigenvalue weighted by Crippen LogP contribution is -2.47. The number of nitrogens with zero attached hydrogens (tertiary/aromatic N) is 1. The van der Waals surface area contributed by atoms with Crippen molar-refractivity contribution in [2.24, 2.45) is 16.8 Å². The Bertz CT molecular complexity index is 653. The molecule has 1 amide bonds. The molecule has 1 atom stereocenters. The molecule has 7 nitrogen and oxygen atoms in total. The first-order valence-electron chi connectivity index (χ1n) is 6.25. The third kappa shape index (κ3) is 4.45. The van der Waals surface area contributed by atoms with Crippen molar-refractivity contribution in [2.45, 2.75) is 24.8 Å². The number of hydrogen-bond donors (Lipinski definition) is 3. The molecule has 0 aromatic heterocycles. The first-order valence-corrected chi connectivity index (χ1v) is 8.14. The highest BCUT2D eigenvalue weighted by molar-refractivity contribution is 7.90. The average molecular weight is 313 g/mol. The molecule has 0 spiro atoms. The first kappa shape index (κ1) is 17.0. The molecule has 1 rings (SSSR count). The van der Waals surface area contributed by atoms with Gasteiger partial charge in [-0.25, -0.2) is 8.42 Å². The summed E-state index contributed by atoms with van der Waals surface area (Å²) in [7, 11) is -3.39. The predicted molar refractivity (Wildman–Crippen MR) is 79.1 cm³/mol. The predicted octanol–water partition coefficient (Wildman–Crippen LogP) is 0.591. The molecule has 0 fully saturated rings. The summed E-state index contributed by atoms with van der Waals surface area (Å²) in [6.07, 6.45) is 1.07. The third-order valence-electron chi connectivity index (χ3n) is 2.91. The zero-order valence-electron chi connectivity index (χ0n) is 12.1. The molecule has 1 aromatic carbocycles. The molecule has 21 heavy (non-hydrogen) atoms. The van der Waals surface area contributed by atoms with Gasteiger partial charge in [-0.05, 0) is 24.1 Å². The summed E-state index contributed by atoms with van der Waals surface area (Å²) < 4.78 is 23.0. The van der Waals surface area contributed by atoms with E-state index in [1.165, 1.54) is 24.3 Å². The molecule has 1 aromatic rings. The number of sulfone groups is 1. The van der Waals surface area contributed by atoms with Gasteiger partial charge in [-0.2, -0.15) is 0 Å². The Kier molecular flexibility index (Phi) is 5.31. The molecule has 0 aliphatic rings. The number of carbonyl (C=O) groups excluding carboxylic acids is 1. The third-order valence-corrected chi connectivity index (χ3v) is 4.02. The smallest absolute Gasteiger partial charge is 0.251 e. The maximum Gasteiger partial charge on any atom is 0.251 e. The second-order valence-corrected chi connectivity index (χ2v) is 7.04. The van der Waals surface area contributed by atoms with Crippen LogP contribution in [-0.2, 0) is 9.84 Å². The van der Waals surface area contributed by atoms with Crippen molar-refractivity contribution in [2.75, 3.05) is 6.26 Å². The minimum absolute atomic E-state index is 0.0556. The van der Waals surface area contributed by atoms with Gasteiger partial charge in [0.2, 0.25) is 0 Å². The van der Waals surface area contributed by atoms with Gasteiger partial charge in [0.15, 0.2) is 15.7 Å². The fourth-order valence-corrected chi connectivity index (χ4v) is 2.40. The van der Waals surface area contributed by atoms with E-state index in [2.05, 4.69) is 10.5 Å². The zero-order chi connectivity index (χ0) is 16.2. The van der Waals surface area contributed by atoms with Crippen molar-refractivity contribution in [3.8, 4) is 0 Å². The minimum atomic E-state index is -3.39. The first-order chi connectivity index (χ1) is 9.66. The Hall–Kier alpha value is -2.09. The van der Waals surface area contributed by atoms with Crippen LogP contribution in [0.3, 0.4) is 0 Å². The monoisotopic (exact) mass is 313 g/mol. The lowest BCUT2D eigenvalue weighted by molar-refractivity contribution is 0.0938. The largest absolute Gasteiger partial charge is 0.409 e. The van der Waals surface area contributed by atoms with Crippen molar-refractivity contribution in [3.63, 3.8) is 0 Å². The fourth-order valence-electron chi connectivity index (χ4n) is 1.74. The number of nitrogens with two attached hydrogens (primary N) is 1. The highest BCUT2D eigenvalue weighted by Crippen LogP contribution is 2.12. The van der Waals surface area contributed by atoms with Gasteiger partial charge in [0.05, 0.1) is 10.9 Å². The van der Waals surface area contributed by atoms with Gasteiger partial charge in [0.1, 0.15) is 0 Å². The summed E-state index contributed by atoms with van der Waals surface area (Å²) in [6.45, 7) is 3.60. The maximum absolute atomic E-state index is 12.2. The summed E-state index contributed by atoms with van der Waals surface area (Å²) in [6, 6.07) is 5.03. The van der Waals surface area contributed by atoms with Crippen LogP contribution >= 0.6 is 0 Å². The van der Waals surface area contributed by atoms with E-state index in [9.17, 15) is 13.2 Å². The van der Waals surface area contributed by atoms with Crippen LogP contribution in [0.15, 0.2) is 34.3 Å². The Morgan fingerprint density at radius 2 is 2.00 bits per heavy atom. The summed E-state index contributed by atoms with van der Waals surface area (Å²) in [5, 5.41) is 14.2. The Balaban J connectivity index is 3.04. The quantitative estimate of drug-likeness (QED) is 0.318. The minimum Gasteiger partial charge on any atom is -0.409 e. The van der Waals surface area contributed by atoms with Gasteiger partial charge in [0.25, 0.3) is 5.91 Å². The Morgan fingerprint density at radius 1 is 1.38 bits per heavy atom. The van der Waals surface area contributed by atoms with Crippen LogP contribution in [0.4, 0.5) is 0 Å². The van der Waals surface area contributed by atoms with E-state index >= 15 is 0 Å². The van der Waals surface area contributed by atoms with Crippen LogP contribution in [0.2, 0.25) is 0 Å². The number of nitrogens with one attached hydrogen (secondary N) is 1. The molecule has 0 bridgehead atoms. The number of amides is 1. The topological polar surface area (TPSA) is 122 Å². The molecule has 0 saturated heterocycles. The molecule has 0 radical (unpaired) electrons. The van der Waals surface area contributed by atoms with Gasteiger partial charge >= 0.3 is 0 Å². The number of carbonyl (C=O) groups is 1. The van der Waals surface area contributed by atoms with Gasteiger partial charge in [0, 0.05) is 11.8 Å². The maximum atomic E-state index is 12.2. The van der Waals surface area contributed by atoms with Gasteiger partial charge < -0.3 is 16.3 Å². The summed E-state index contributed by atoms with van der Waals surface area (Å²) >= 11 is 0. The number of amidine groups is 1. The van der Waals surface area contributed by atoms with Crippen LogP contribution < -0.4 is 11.1 Å². The van der Waals surface area contributed by atoms with E-state index < -0.39 is 21.8 Å². The van der Waals surface area contributed by atoms with Crippen molar-refractivity contribution < 1.29 is 18.4 Å². The molecule has 4 N–H and O–H groups in total. The summed E-state index contributed by atoms with van der Waals surface area (Å²) in [5.41, 5.74) is 5.72. The van der Waals surface area contributed by atoms with Crippen LogP contribution in [0.1, 0.15) is 24.2 Å². The Labute approximate surface area is 123 Å². The zero-order valence-corrected chi connectivity index (χ0v) is 12.9. The number of hydrogen-bond acceptors (Lipinski definition) is 5. The van der Waals surface area contributed by atoms with Crippen LogP contribution in [0, 0.1) is 5.92 Å². The molecule has 0 aliphatic carbocycles. The normalized spacial score (nSPS) is 14.0. The molecule has 0 aliphatic heterocycles. The molecule has 0 saturated carbocycles. The van der Waals surface area contributed by atoms with E-state index in [-0.39, 0.29) is 22.2 Å². The Morgan fingerprint density at radius 3 is 2.48 bits per heavy atom. The number of rotatable bonds is 5. The molecule has 116 valence electrons. The van der Waals surface area contributed by atoms with Crippen LogP contribution in [-0.4, -0.2) is 37.7 Å². The van der Waals surface area contributed by atoms with E-state index in [1.807, 2.05) is 0 Å². The van der Waals surface area contributed by atoms with Gasteiger partial charge in [-0.1, -0.05) is 25.1 Å². The molecule has 0 heterocycles. The SMILES string of the molecule is CC(C)C(NC(=O)c1cccc(S(C)(=O)=O)c1)C(N)=NO. The number of oxime groups is 1. The number of benzene rings is 1. The van der Waals surface area contributed by atoms with Crippen molar-refractivity contribution in [1.29, 1.82) is 0 Å². The highest BCUT2D eigenvalue weighted by Gasteiger charge is 2.22. The van der Waals surface area contributed by atoms with E-state index in [0.29, 0.717) is 0 Å². The fraction of sp³-hybridized carbons (Fsp3) is 0.385. The van der Waals surface area contributed by atoms with Crippen molar-refractivity contribution >= 4 is 21.6 Å². The molecular weight excluding hydrogens is 294 g/mol. The molecular formula is C13H19N3O4S. The lowest BCUT2D eigenvalue weighted by Gasteiger charge is -2.21. The average Bonchev–Trinajstić information content (AvgIpc) is 2.42. The standard InChI is InChI=1S/C13H19N3O4S/c1-8(2)11(12(14)16-18)15-13(17)9-5-4-6-10(7-9)21(3,19)20/h4-8,11,18H,1-3H3,(H2,14,16)(H,15,17). The van der Waals surface area contributed by atoms with E-state index in [1.54, 1.807) is 13.8 Å². The highest BCUT2D eigenvalue weighted by atomic mass is 32.2. The molecule has 8 heteroatoms. The second kappa shape index (κ2) is 6.57. The summed E-state index contributed by atoms with van der Waals surface area (Å²) in [4.78, 5) is 12.2. The van der Waals surface area contributed by atoms with E-state index in [4.69, 9.17) is 10.9 Å². The van der Waals surface area contributed by atoms with Gasteiger partial charge in [-0.15, -0.1) is 0 Å². The lowest BCUT2D eigenvalue weighted by atomic mass is 10.0. The summed E-state index contributed by atoms with van der Waals surface area (Å²) in [5.74, 6) is -0.702. The van der Waals surface area contributed by atoms with Crippen LogP contribution in [0.5, 0.6) is 0 Å². The van der Waals surface area contributed by atoms with E-state index in [0.717, 1.165) is 6.26 Å².